The molecule has 3 atom stereocenters. The number of ether oxygens (including phenoxy) is 2. The Hall–Kier alpha value is -1.76. The van der Waals surface area contributed by atoms with Crippen LogP contribution in [0.15, 0.2) is 30.3 Å². The maximum atomic E-state index is 10.6. The average molecular weight is 359 g/mol. The van der Waals surface area contributed by atoms with Gasteiger partial charge in [0.1, 0.15) is 0 Å². The van der Waals surface area contributed by atoms with E-state index in [-0.39, 0.29) is 12.2 Å². The molecule has 1 saturated heterocycles. The maximum Gasteiger partial charge on any atom is 0.163 e. The molecule has 2 heterocycles. The highest BCUT2D eigenvalue weighted by molar-refractivity contribution is 5.19. The van der Waals surface area contributed by atoms with Crippen molar-refractivity contribution in [2.75, 3.05) is 0 Å². The Balaban J connectivity index is 1.85. The Morgan fingerprint density at radius 2 is 1.85 bits per heavy atom. The van der Waals surface area contributed by atoms with Crippen molar-refractivity contribution < 1.29 is 14.6 Å². The summed E-state index contributed by atoms with van der Waals surface area (Å²) in [7, 11) is 0. The number of aliphatic hydroxyl groups excluding tert-OH is 1. The maximum absolute atomic E-state index is 10.6. The van der Waals surface area contributed by atoms with E-state index in [9.17, 15) is 5.11 Å². The molecule has 0 saturated carbocycles. The molecule has 2 aromatic rings. The quantitative estimate of drug-likeness (QED) is 0.822. The lowest BCUT2D eigenvalue weighted by Crippen LogP contribution is -2.25. The van der Waals surface area contributed by atoms with Crippen molar-refractivity contribution in [1.82, 2.24) is 15.0 Å². The highest BCUT2D eigenvalue weighted by Crippen LogP contribution is 2.32. The van der Waals surface area contributed by atoms with E-state index >= 15 is 0 Å². The molecule has 142 valence electrons. The molecule has 1 aromatic carbocycles. The summed E-state index contributed by atoms with van der Waals surface area (Å²) >= 11 is 0. The molecule has 0 amide bonds. The van der Waals surface area contributed by atoms with Crippen molar-refractivity contribution in [3.05, 3.63) is 47.3 Å². The van der Waals surface area contributed by atoms with E-state index in [0.717, 1.165) is 23.4 Å². The minimum absolute atomic E-state index is 0.0240. The fourth-order valence-corrected chi connectivity index (χ4v) is 3.55. The molecule has 0 spiro atoms. The summed E-state index contributed by atoms with van der Waals surface area (Å²) in [6, 6.07) is 10.1. The summed E-state index contributed by atoms with van der Waals surface area (Å²) in [6.07, 6.45) is 1.41. The average Bonchev–Trinajstić information content (AvgIpc) is 3.15. The Kier molecular flexibility index (Phi) is 5.75. The second-order valence-corrected chi connectivity index (χ2v) is 7.31. The van der Waals surface area contributed by atoms with Gasteiger partial charge in [0.05, 0.1) is 36.2 Å². The molecule has 6 heteroatoms. The highest BCUT2D eigenvalue weighted by atomic mass is 16.7. The fourth-order valence-electron chi connectivity index (χ4n) is 3.55. The van der Waals surface area contributed by atoms with Crippen LogP contribution in [-0.2, 0) is 22.4 Å². The monoisotopic (exact) mass is 359 g/mol. The van der Waals surface area contributed by atoms with E-state index in [1.807, 2.05) is 51.1 Å². The van der Waals surface area contributed by atoms with Gasteiger partial charge in [-0.2, -0.15) is 0 Å². The van der Waals surface area contributed by atoms with Crippen molar-refractivity contribution in [1.29, 1.82) is 0 Å². The Morgan fingerprint density at radius 1 is 1.15 bits per heavy atom. The number of rotatable bonds is 7. The zero-order valence-corrected chi connectivity index (χ0v) is 16.1. The third kappa shape index (κ3) is 4.14. The highest BCUT2D eigenvalue weighted by Gasteiger charge is 2.41. The number of nitrogens with zero attached hydrogens (tertiary/aromatic N) is 3. The molecule has 0 aliphatic carbocycles. The van der Waals surface area contributed by atoms with Crippen molar-refractivity contribution in [3.8, 4) is 0 Å². The summed E-state index contributed by atoms with van der Waals surface area (Å²) < 4.78 is 13.8. The van der Waals surface area contributed by atoms with Crippen LogP contribution in [0.5, 0.6) is 0 Å². The van der Waals surface area contributed by atoms with Gasteiger partial charge < -0.3 is 14.6 Å². The minimum atomic E-state index is -0.598. The van der Waals surface area contributed by atoms with Crippen LogP contribution in [0.3, 0.4) is 0 Å². The van der Waals surface area contributed by atoms with Gasteiger partial charge in [-0.1, -0.05) is 49.4 Å². The van der Waals surface area contributed by atoms with Gasteiger partial charge in [-0.25, -0.2) is 4.68 Å². The van der Waals surface area contributed by atoms with Crippen molar-refractivity contribution in [2.45, 2.75) is 77.6 Å². The lowest BCUT2D eigenvalue weighted by molar-refractivity contribution is -0.146. The summed E-state index contributed by atoms with van der Waals surface area (Å²) in [5, 5.41) is 19.3. The predicted molar refractivity (Wildman–Crippen MR) is 98.6 cm³/mol. The van der Waals surface area contributed by atoms with Crippen LogP contribution in [-0.4, -0.2) is 38.1 Å². The van der Waals surface area contributed by atoms with Crippen LogP contribution in [0.2, 0.25) is 0 Å². The van der Waals surface area contributed by atoms with E-state index in [2.05, 4.69) is 17.2 Å². The van der Waals surface area contributed by atoms with Gasteiger partial charge >= 0.3 is 0 Å². The molecule has 0 bridgehead atoms. The molecular formula is C20H29N3O3. The van der Waals surface area contributed by atoms with Crippen LogP contribution < -0.4 is 0 Å². The Bertz CT molecular complexity index is 714. The Morgan fingerprint density at radius 3 is 2.50 bits per heavy atom. The first-order valence-corrected chi connectivity index (χ1v) is 9.43. The van der Waals surface area contributed by atoms with Crippen molar-refractivity contribution in [3.63, 3.8) is 0 Å². The molecule has 1 aliphatic heterocycles. The molecular weight excluding hydrogens is 330 g/mol. The van der Waals surface area contributed by atoms with Crippen LogP contribution in [0.4, 0.5) is 0 Å². The molecule has 2 unspecified atom stereocenters. The predicted octanol–water partition coefficient (Wildman–Crippen LogP) is 3.24. The summed E-state index contributed by atoms with van der Waals surface area (Å²) in [5.41, 5.74) is 2.70. The standard InChI is InChI=1S/C20H29N3O3/c1-5-16(24)19-15(12-18-17(6-2)25-20(3,4)26-18)21-22-23(19)13-14-10-8-7-9-11-14/h7-11,16-18,24H,5-6,12-13H2,1-4H3/t16?,17?,18-/m1/s1. The molecule has 6 nitrogen and oxygen atoms in total. The van der Waals surface area contributed by atoms with Gasteiger partial charge in [-0.05, 0) is 32.3 Å². The van der Waals surface area contributed by atoms with Crippen molar-refractivity contribution in [2.24, 2.45) is 0 Å². The first kappa shape index (κ1) is 19.0. The zero-order valence-electron chi connectivity index (χ0n) is 16.1. The van der Waals surface area contributed by atoms with Gasteiger partial charge in [0.15, 0.2) is 5.79 Å². The van der Waals surface area contributed by atoms with Crippen LogP contribution in [0.25, 0.3) is 0 Å². The van der Waals surface area contributed by atoms with Gasteiger partial charge in [-0.3, -0.25) is 0 Å². The van der Waals surface area contributed by atoms with Crippen LogP contribution >= 0.6 is 0 Å². The lowest BCUT2D eigenvalue weighted by atomic mass is 10.0. The topological polar surface area (TPSA) is 69.4 Å². The van der Waals surface area contributed by atoms with E-state index in [0.29, 0.717) is 19.4 Å². The summed E-state index contributed by atoms with van der Waals surface area (Å²) in [6.45, 7) is 8.51. The molecule has 26 heavy (non-hydrogen) atoms. The number of benzene rings is 1. The zero-order chi connectivity index (χ0) is 18.7. The first-order chi connectivity index (χ1) is 12.4. The number of aliphatic hydroxyl groups is 1. The van der Waals surface area contributed by atoms with Gasteiger partial charge in [-0.15, -0.1) is 5.10 Å². The lowest BCUT2D eigenvalue weighted by Gasteiger charge is -2.17. The van der Waals surface area contributed by atoms with Crippen LogP contribution in [0.1, 0.15) is 63.6 Å². The second kappa shape index (κ2) is 7.86. The minimum Gasteiger partial charge on any atom is -0.387 e. The van der Waals surface area contributed by atoms with Gasteiger partial charge in [0.2, 0.25) is 0 Å². The van der Waals surface area contributed by atoms with E-state index in [1.54, 1.807) is 4.68 Å². The molecule has 1 aromatic heterocycles. The van der Waals surface area contributed by atoms with Crippen molar-refractivity contribution >= 4 is 0 Å². The fraction of sp³-hybridized carbons (Fsp3) is 0.600. The summed E-state index contributed by atoms with van der Waals surface area (Å²) in [4.78, 5) is 0. The van der Waals surface area contributed by atoms with Gasteiger partial charge in [0, 0.05) is 6.42 Å². The molecule has 1 fully saturated rings. The first-order valence-electron chi connectivity index (χ1n) is 9.43. The van der Waals surface area contributed by atoms with Crippen LogP contribution in [0, 0.1) is 0 Å². The molecule has 1 N–H and O–H groups in total. The molecule has 0 radical (unpaired) electrons. The SMILES string of the molecule is CCC(O)c1c(C[C@H]2OC(C)(C)OC2CC)nnn1Cc1ccccc1. The molecule has 3 rings (SSSR count). The third-order valence-electron chi connectivity index (χ3n) is 4.81. The largest absolute Gasteiger partial charge is 0.387 e. The van der Waals surface area contributed by atoms with Gasteiger partial charge in [0.25, 0.3) is 0 Å². The Labute approximate surface area is 155 Å². The van der Waals surface area contributed by atoms with E-state index < -0.39 is 11.9 Å². The molecule has 1 aliphatic rings. The normalized spacial score (nSPS) is 23.3. The smallest absolute Gasteiger partial charge is 0.163 e. The third-order valence-corrected chi connectivity index (χ3v) is 4.81. The van der Waals surface area contributed by atoms with E-state index in [1.165, 1.54) is 0 Å². The second-order valence-electron chi connectivity index (χ2n) is 7.31. The number of aromatic nitrogens is 3. The number of hydrogen-bond donors (Lipinski definition) is 1. The summed E-state index contributed by atoms with van der Waals surface area (Å²) in [5.74, 6) is -0.588. The number of hydrogen-bond acceptors (Lipinski definition) is 5. The van der Waals surface area contributed by atoms with E-state index in [4.69, 9.17) is 9.47 Å².